The summed E-state index contributed by atoms with van der Waals surface area (Å²) in [7, 11) is 1.76. The van der Waals surface area contributed by atoms with Gasteiger partial charge in [-0.3, -0.25) is 0 Å². The van der Waals surface area contributed by atoms with Crippen LogP contribution in [0.4, 0.5) is 0 Å². The summed E-state index contributed by atoms with van der Waals surface area (Å²) in [5, 5.41) is 3.62. The first-order valence-electron chi connectivity index (χ1n) is 6.81. The van der Waals surface area contributed by atoms with Crippen LogP contribution in [0.1, 0.15) is 31.9 Å². The van der Waals surface area contributed by atoms with Crippen molar-refractivity contribution in [2.24, 2.45) is 0 Å². The van der Waals surface area contributed by atoms with Crippen LogP contribution in [0.3, 0.4) is 0 Å². The molecule has 1 N–H and O–H groups in total. The predicted octanol–water partition coefficient (Wildman–Crippen LogP) is 3.29. The minimum Gasteiger partial charge on any atom is -0.377 e. The van der Waals surface area contributed by atoms with Gasteiger partial charge in [0.05, 0.1) is 12.2 Å². The van der Waals surface area contributed by atoms with Crippen molar-refractivity contribution >= 4 is 15.9 Å². The van der Waals surface area contributed by atoms with Crippen LogP contribution >= 0.6 is 15.9 Å². The Morgan fingerprint density at radius 2 is 2.05 bits per heavy atom. The average molecular weight is 328 g/mol. The van der Waals surface area contributed by atoms with Crippen molar-refractivity contribution in [3.05, 3.63) is 34.3 Å². The minimum atomic E-state index is 0.165. The molecule has 3 nitrogen and oxygen atoms in total. The molecule has 0 aliphatic heterocycles. The first kappa shape index (κ1) is 15.0. The molecule has 1 aliphatic carbocycles. The highest BCUT2D eigenvalue weighted by atomic mass is 79.9. The van der Waals surface area contributed by atoms with Gasteiger partial charge in [-0.2, -0.15) is 0 Å². The third kappa shape index (κ3) is 3.57. The van der Waals surface area contributed by atoms with Gasteiger partial charge in [0.1, 0.15) is 0 Å². The first-order valence-corrected chi connectivity index (χ1v) is 7.61. The van der Waals surface area contributed by atoms with Crippen LogP contribution in [0.15, 0.2) is 28.7 Å². The molecular formula is C15H22BrNO2. The summed E-state index contributed by atoms with van der Waals surface area (Å²) in [6.07, 6.45) is 1.43. The lowest BCUT2D eigenvalue weighted by Gasteiger charge is -2.44. The molecule has 0 bridgehead atoms. The van der Waals surface area contributed by atoms with E-state index in [0.29, 0.717) is 12.1 Å². The van der Waals surface area contributed by atoms with Crippen LogP contribution in [-0.2, 0) is 9.47 Å². The lowest BCUT2D eigenvalue weighted by Crippen LogP contribution is -2.60. The van der Waals surface area contributed by atoms with E-state index in [-0.39, 0.29) is 12.2 Å². The third-order valence-electron chi connectivity index (χ3n) is 3.74. The number of methoxy groups -OCH3 is 1. The number of hydrogen-bond donors (Lipinski definition) is 1. The second kappa shape index (κ2) is 6.84. The Bertz CT molecular complexity index is 396. The van der Waals surface area contributed by atoms with Gasteiger partial charge in [0.2, 0.25) is 0 Å². The van der Waals surface area contributed by atoms with Gasteiger partial charge in [-0.05, 0) is 38.0 Å². The Morgan fingerprint density at radius 1 is 1.37 bits per heavy atom. The monoisotopic (exact) mass is 327 g/mol. The Balaban J connectivity index is 1.89. The molecular weight excluding hydrogens is 306 g/mol. The van der Waals surface area contributed by atoms with Crippen LogP contribution in [-0.4, -0.2) is 32.0 Å². The molecule has 19 heavy (non-hydrogen) atoms. The molecule has 1 saturated carbocycles. The van der Waals surface area contributed by atoms with Crippen molar-refractivity contribution in [3.63, 3.8) is 0 Å². The second-order valence-electron chi connectivity index (χ2n) is 4.98. The van der Waals surface area contributed by atoms with Gasteiger partial charge in [-0.25, -0.2) is 0 Å². The fourth-order valence-corrected chi connectivity index (χ4v) is 2.87. The largest absolute Gasteiger partial charge is 0.377 e. The molecule has 1 aromatic rings. The number of halogens is 1. The van der Waals surface area contributed by atoms with Crippen molar-refractivity contribution in [3.8, 4) is 0 Å². The fraction of sp³-hybridized carbons (Fsp3) is 0.600. The maximum Gasteiger partial charge on any atom is 0.0987 e. The van der Waals surface area contributed by atoms with E-state index in [1.807, 2.05) is 6.92 Å². The molecule has 0 heterocycles. The Kier molecular flexibility index (Phi) is 5.39. The zero-order chi connectivity index (χ0) is 13.8. The summed E-state index contributed by atoms with van der Waals surface area (Å²) in [6.45, 7) is 4.96. The lowest BCUT2D eigenvalue weighted by molar-refractivity contribution is -0.133. The fourth-order valence-electron chi connectivity index (χ4n) is 2.61. The quantitative estimate of drug-likeness (QED) is 0.869. The molecule has 4 heteroatoms. The van der Waals surface area contributed by atoms with Crippen LogP contribution < -0.4 is 5.32 Å². The Morgan fingerprint density at radius 3 is 2.63 bits per heavy atom. The molecule has 0 spiro atoms. The van der Waals surface area contributed by atoms with Crippen molar-refractivity contribution in [1.29, 1.82) is 0 Å². The maximum atomic E-state index is 5.64. The summed E-state index contributed by atoms with van der Waals surface area (Å²) >= 11 is 3.46. The van der Waals surface area contributed by atoms with Gasteiger partial charge in [0.25, 0.3) is 0 Å². The van der Waals surface area contributed by atoms with E-state index in [9.17, 15) is 0 Å². The highest BCUT2D eigenvalue weighted by Gasteiger charge is 2.42. The standard InChI is InChI=1S/C15H22BrNO2/c1-4-19-14-9-13(15(14)18-3)17-10(2)11-5-7-12(16)8-6-11/h5-8,10,13-15,17H,4,9H2,1-3H3/t10-,13?,14?,15?/m1/s1. The lowest BCUT2D eigenvalue weighted by atomic mass is 9.84. The molecule has 1 aliphatic rings. The summed E-state index contributed by atoms with van der Waals surface area (Å²) in [6, 6.07) is 9.12. The predicted molar refractivity (Wildman–Crippen MR) is 80.3 cm³/mol. The second-order valence-corrected chi connectivity index (χ2v) is 5.89. The van der Waals surface area contributed by atoms with E-state index in [1.54, 1.807) is 7.11 Å². The van der Waals surface area contributed by atoms with E-state index in [1.165, 1.54) is 5.56 Å². The molecule has 4 atom stereocenters. The molecule has 1 aromatic carbocycles. The van der Waals surface area contributed by atoms with Gasteiger partial charge in [0, 0.05) is 30.3 Å². The average Bonchev–Trinajstić information content (AvgIpc) is 2.38. The van der Waals surface area contributed by atoms with Crippen molar-refractivity contribution in [2.45, 2.75) is 44.6 Å². The summed E-state index contributed by atoms with van der Waals surface area (Å²) in [5.41, 5.74) is 1.29. The van der Waals surface area contributed by atoms with E-state index >= 15 is 0 Å². The van der Waals surface area contributed by atoms with Crippen LogP contribution in [0.5, 0.6) is 0 Å². The van der Waals surface area contributed by atoms with Crippen molar-refractivity contribution in [1.82, 2.24) is 5.32 Å². The molecule has 1 fully saturated rings. The van der Waals surface area contributed by atoms with Crippen LogP contribution in [0.25, 0.3) is 0 Å². The molecule has 106 valence electrons. The van der Waals surface area contributed by atoms with E-state index in [0.717, 1.165) is 17.5 Å². The van der Waals surface area contributed by atoms with Crippen molar-refractivity contribution in [2.75, 3.05) is 13.7 Å². The highest BCUT2D eigenvalue weighted by molar-refractivity contribution is 9.10. The topological polar surface area (TPSA) is 30.5 Å². The number of benzene rings is 1. The Hall–Kier alpha value is -0.420. The van der Waals surface area contributed by atoms with Gasteiger partial charge >= 0.3 is 0 Å². The molecule has 0 aromatic heterocycles. The van der Waals surface area contributed by atoms with E-state index in [2.05, 4.69) is 52.4 Å². The zero-order valence-electron chi connectivity index (χ0n) is 11.7. The van der Waals surface area contributed by atoms with E-state index in [4.69, 9.17) is 9.47 Å². The molecule has 2 rings (SSSR count). The van der Waals surface area contributed by atoms with E-state index < -0.39 is 0 Å². The summed E-state index contributed by atoms with van der Waals surface area (Å²) in [5.74, 6) is 0. The summed E-state index contributed by atoms with van der Waals surface area (Å²) < 4.78 is 12.3. The highest BCUT2D eigenvalue weighted by Crippen LogP contribution is 2.29. The normalized spacial score (nSPS) is 27.9. The smallest absolute Gasteiger partial charge is 0.0987 e. The molecule has 0 saturated heterocycles. The first-order chi connectivity index (χ1) is 9.15. The van der Waals surface area contributed by atoms with Gasteiger partial charge in [0.15, 0.2) is 0 Å². The van der Waals surface area contributed by atoms with Gasteiger partial charge < -0.3 is 14.8 Å². The zero-order valence-corrected chi connectivity index (χ0v) is 13.3. The maximum absolute atomic E-state index is 5.64. The van der Waals surface area contributed by atoms with Crippen LogP contribution in [0, 0.1) is 0 Å². The Labute approximate surface area is 123 Å². The third-order valence-corrected chi connectivity index (χ3v) is 4.26. The molecule has 0 radical (unpaired) electrons. The number of ether oxygens (including phenoxy) is 2. The number of hydrogen-bond acceptors (Lipinski definition) is 3. The molecule has 0 amide bonds. The van der Waals surface area contributed by atoms with Gasteiger partial charge in [-0.1, -0.05) is 28.1 Å². The van der Waals surface area contributed by atoms with Crippen molar-refractivity contribution < 1.29 is 9.47 Å². The summed E-state index contributed by atoms with van der Waals surface area (Å²) in [4.78, 5) is 0. The SMILES string of the molecule is CCOC1CC(N[C@H](C)c2ccc(Br)cc2)C1OC. The van der Waals surface area contributed by atoms with Crippen LogP contribution in [0.2, 0.25) is 0 Å². The minimum absolute atomic E-state index is 0.165. The van der Waals surface area contributed by atoms with Gasteiger partial charge in [-0.15, -0.1) is 0 Å². The molecule has 3 unspecified atom stereocenters. The number of rotatable bonds is 6. The number of nitrogens with one attached hydrogen (secondary N) is 1.